The molecular formula is C14H10N4S. The molecule has 0 spiro atoms. The highest BCUT2D eigenvalue weighted by Crippen LogP contribution is 2.27. The number of H-pyrrole nitrogens is 1. The van der Waals surface area contributed by atoms with Crippen molar-refractivity contribution in [2.45, 2.75) is 6.92 Å². The number of hydrogen-bond donors (Lipinski definition) is 1. The molecule has 0 fully saturated rings. The Balaban J connectivity index is 2.53. The van der Waals surface area contributed by atoms with Gasteiger partial charge in [0.15, 0.2) is 4.64 Å². The lowest BCUT2D eigenvalue weighted by molar-refractivity contribution is 1.04. The quantitative estimate of drug-likeness (QED) is 0.688. The number of hydrogen-bond acceptors (Lipinski definition) is 3. The number of nitriles is 1. The third-order valence-corrected chi connectivity index (χ3v) is 3.43. The molecule has 2 heterocycles. The maximum Gasteiger partial charge on any atom is 0.154 e. The van der Waals surface area contributed by atoms with Crippen molar-refractivity contribution in [1.29, 1.82) is 5.26 Å². The lowest BCUT2D eigenvalue weighted by Crippen LogP contribution is -1.97. The summed E-state index contributed by atoms with van der Waals surface area (Å²) in [5.74, 6) is 0. The number of rotatable bonds is 1. The zero-order valence-electron chi connectivity index (χ0n) is 10.2. The second-order valence-electron chi connectivity index (χ2n) is 4.17. The van der Waals surface area contributed by atoms with Gasteiger partial charge in [-0.3, -0.25) is 0 Å². The number of fused-ring (bicyclic) bond motifs is 1. The van der Waals surface area contributed by atoms with Crippen LogP contribution in [0.15, 0.2) is 36.7 Å². The largest absolute Gasteiger partial charge is 0.343 e. The van der Waals surface area contributed by atoms with Crippen LogP contribution in [0.25, 0.3) is 16.7 Å². The first-order chi connectivity index (χ1) is 9.24. The first-order valence-corrected chi connectivity index (χ1v) is 6.19. The van der Waals surface area contributed by atoms with Crippen molar-refractivity contribution in [2.75, 3.05) is 0 Å². The average molecular weight is 266 g/mol. The predicted octanol–water partition coefficient (Wildman–Crippen LogP) is 3.26. The monoisotopic (exact) mass is 266 g/mol. The Bertz CT molecular complexity index is 853. The van der Waals surface area contributed by atoms with Gasteiger partial charge < -0.3 is 9.55 Å². The summed E-state index contributed by atoms with van der Waals surface area (Å²) >= 11 is 5.30. The number of benzene rings is 1. The summed E-state index contributed by atoms with van der Waals surface area (Å²) in [7, 11) is 0. The van der Waals surface area contributed by atoms with E-state index in [1.807, 2.05) is 41.8 Å². The lowest BCUT2D eigenvalue weighted by Gasteiger charge is -2.07. The van der Waals surface area contributed by atoms with E-state index in [0.717, 1.165) is 22.4 Å². The van der Waals surface area contributed by atoms with Gasteiger partial charge in [-0.2, -0.15) is 5.26 Å². The van der Waals surface area contributed by atoms with E-state index in [1.54, 1.807) is 0 Å². The summed E-state index contributed by atoms with van der Waals surface area (Å²) in [5, 5.41) is 9.33. The van der Waals surface area contributed by atoms with E-state index < -0.39 is 0 Å². The second kappa shape index (κ2) is 4.34. The summed E-state index contributed by atoms with van der Waals surface area (Å²) in [5.41, 5.74) is 3.95. The number of nitrogens with zero attached hydrogens (tertiary/aromatic N) is 3. The first-order valence-electron chi connectivity index (χ1n) is 5.78. The van der Waals surface area contributed by atoms with Crippen LogP contribution in [0.3, 0.4) is 0 Å². The molecule has 92 valence electrons. The fourth-order valence-corrected chi connectivity index (χ4v) is 2.53. The van der Waals surface area contributed by atoms with Crippen LogP contribution in [0.1, 0.15) is 11.3 Å². The predicted molar refractivity (Wildman–Crippen MR) is 75.7 cm³/mol. The van der Waals surface area contributed by atoms with E-state index in [0.29, 0.717) is 10.2 Å². The molecule has 5 heteroatoms. The molecular weight excluding hydrogens is 256 g/mol. The summed E-state index contributed by atoms with van der Waals surface area (Å²) < 4.78 is 2.46. The van der Waals surface area contributed by atoms with E-state index in [4.69, 9.17) is 12.2 Å². The molecule has 0 aliphatic carbocycles. The van der Waals surface area contributed by atoms with Crippen LogP contribution in [-0.4, -0.2) is 14.5 Å². The first kappa shape index (κ1) is 11.6. The molecule has 0 aliphatic heterocycles. The van der Waals surface area contributed by atoms with Crippen LogP contribution in [0.5, 0.6) is 0 Å². The Labute approximate surface area is 115 Å². The van der Waals surface area contributed by atoms with Gasteiger partial charge in [0.2, 0.25) is 0 Å². The van der Waals surface area contributed by atoms with Crippen molar-refractivity contribution in [3.05, 3.63) is 52.6 Å². The van der Waals surface area contributed by atoms with Crippen molar-refractivity contribution in [1.82, 2.24) is 14.5 Å². The van der Waals surface area contributed by atoms with E-state index in [-0.39, 0.29) is 0 Å². The molecule has 4 nitrogen and oxygen atoms in total. The van der Waals surface area contributed by atoms with Crippen molar-refractivity contribution in [2.24, 2.45) is 0 Å². The van der Waals surface area contributed by atoms with Gasteiger partial charge >= 0.3 is 0 Å². The fraction of sp³-hybridized carbons (Fsp3) is 0.0714. The molecule has 0 radical (unpaired) electrons. The number of para-hydroxylation sites is 1. The van der Waals surface area contributed by atoms with Crippen molar-refractivity contribution in [3.63, 3.8) is 0 Å². The summed E-state index contributed by atoms with van der Waals surface area (Å²) in [4.78, 5) is 7.13. The van der Waals surface area contributed by atoms with E-state index in [2.05, 4.69) is 16.0 Å². The molecule has 0 aliphatic rings. The third-order valence-electron chi connectivity index (χ3n) is 3.13. The van der Waals surface area contributed by atoms with Gasteiger partial charge in [-0.05, 0) is 19.1 Å². The minimum Gasteiger partial charge on any atom is -0.343 e. The van der Waals surface area contributed by atoms with Gasteiger partial charge in [-0.1, -0.05) is 30.4 Å². The zero-order valence-corrected chi connectivity index (χ0v) is 11.0. The minimum absolute atomic E-state index is 0.488. The van der Waals surface area contributed by atoms with Crippen LogP contribution < -0.4 is 0 Å². The number of nitrogens with one attached hydrogen (secondary N) is 1. The molecule has 1 aromatic carbocycles. The maximum atomic E-state index is 9.33. The standard InChI is InChI=1S/C14H10N4S/c1-9-11(7-15)12-13(14(19)17-8-16-12)18(9)10-5-3-2-4-6-10/h2-6,8H,1H3,(H,16,17,19). The van der Waals surface area contributed by atoms with Crippen LogP contribution in [0, 0.1) is 22.9 Å². The molecule has 0 bridgehead atoms. The Kier molecular flexibility index (Phi) is 2.65. The topological polar surface area (TPSA) is 57.4 Å². The molecule has 0 amide bonds. The van der Waals surface area contributed by atoms with E-state index >= 15 is 0 Å². The molecule has 3 aromatic rings. The molecule has 2 aromatic heterocycles. The zero-order chi connectivity index (χ0) is 13.4. The van der Waals surface area contributed by atoms with Gasteiger partial charge in [0, 0.05) is 11.4 Å². The van der Waals surface area contributed by atoms with Gasteiger partial charge in [-0.15, -0.1) is 0 Å². The van der Waals surface area contributed by atoms with Crippen LogP contribution in [0.2, 0.25) is 0 Å². The number of aromatic amines is 1. The summed E-state index contributed by atoms with van der Waals surface area (Å²) in [6.45, 7) is 1.91. The van der Waals surface area contributed by atoms with E-state index in [1.165, 1.54) is 6.33 Å². The lowest BCUT2D eigenvalue weighted by atomic mass is 10.2. The van der Waals surface area contributed by atoms with Crippen molar-refractivity contribution >= 4 is 23.3 Å². The molecule has 0 saturated carbocycles. The normalized spacial score (nSPS) is 10.5. The highest BCUT2D eigenvalue weighted by Gasteiger charge is 2.16. The van der Waals surface area contributed by atoms with Gasteiger partial charge in [-0.25, -0.2) is 4.98 Å². The third kappa shape index (κ3) is 1.65. The molecule has 0 saturated heterocycles. The number of aromatic nitrogens is 3. The van der Waals surface area contributed by atoms with Crippen LogP contribution in [-0.2, 0) is 0 Å². The Morgan fingerprint density at radius 2 is 2.05 bits per heavy atom. The maximum absolute atomic E-state index is 9.33. The molecule has 3 rings (SSSR count). The highest BCUT2D eigenvalue weighted by atomic mass is 32.1. The summed E-state index contributed by atoms with van der Waals surface area (Å²) in [6.07, 6.45) is 1.53. The molecule has 1 N–H and O–H groups in total. The minimum atomic E-state index is 0.488. The SMILES string of the molecule is Cc1c(C#N)c2[nH]cnc(=S)c2n1-c1ccccc1. The highest BCUT2D eigenvalue weighted by molar-refractivity contribution is 7.71. The van der Waals surface area contributed by atoms with Gasteiger partial charge in [0.05, 0.1) is 17.4 Å². The van der Waals surface area contributed by atoms with Gasteiger partial charge in [0.1, 0.15) is 11.6 Å². The van der Waals surface area contributed by atoms with Crippen molar-refractivity contribution < 1.29 is 0 Å². The van der Waals surface area contributed by atoms with Crippen LogP contribution >= 0.6 is 12.2 Å². The fourth-order valence-electron chi connectivity index (χ4n) is 2.29. The molecule has 19 heavy (non-hydrogen) atoms. The van der Waals surface area contributed by atoms with Crippen molar-refractivity contribution in [3.8, 4) is 11.8 Å². The Morgan fingerprint density at radius 3 is 2.74 bits per heavy atom. The summed E-state index contributed by atoms with van der Waals surface area (Å²) in [6, 6.07) is 12.1. The molecule has 0 unspecified atom stereocenters. The average Bonchev–Trinajstić information content (AvgIpc) is 2.73. The Morgan fingerprint density at radius 1 is 1.32 bits per heavy atom. The van der Waals surface area contributed by atoms with Crippen LogP contribution in [0.4, 0.5) is 0 Å². The van der Waals surface area contributed by atoms with E-state index in [9.17, 15) is 5.26 Å². The molecule has 0 atom stereocenters. The second-order valence-corrected chi connectivity index (χ2v) is 4.56. The smallest absolute Gasteiger partial charge is 0.154 e. The van der Waals surface area contributed by atoms with Gasteiger partial charge in [0.25, 0.3) is 0 Å². The Hall–Kier alpha value is -2.45.